The molecule has 2 N–H and O–H groups in total. The summed E-state index contributed by atoms with van der Waals surface area (Å²) in [6, 6.07) is 15.1. The van der Waals surface area contributed by atoms with Crippen molar-refractivity contribution in [1.82, 2.24) is 5.32 Å². The molecule has 0 atom stereocenters. The van der Waals surface area contributed by atoms with Crippen LogP contribution < -0.4 is 10.6 Å². The molecule has 0 unspecified atom stereocenters. The quantitative estimate of drug-likeness (QED) is 0.771. The zero-order valence-corrected chi connectivity index (χ0v) is 16.9. The minimum atomic E-state index is -0.212. The Labute approximate surface area is 169 Å². The Hall–Kier alpha value is -2.73. The summed E-state index contributed by atoms with van der Waals surface area (Å²) >= 11 is 1.48. The molecular weight excluding hydrogens is 372 g/mol. The fourth-order valence-electron chi connectivity index (χ4n) is 2.83. The summed E-state index contributed by atoms with van der Waals surface area (Å²) in [6.45, 7) is 4.97. The summed E-state index contributed by atoms with van der Waals surface area (Å²) in [7, 11) is 0. The predicted octanol–water partition coefficient (Wildman–Crippen LogP) is 4.11. The second-order valence-corrected chi connectivity index (χ2v) is 7.58. The standard InChI is InChI=1S/C22H24N2O3S/c1-3-16-7-9-17(10-8-16)14-23-21(25)18-5-4-6-19(13-18)24-22(26)20-15(2)27-11-12-28-20/h4-10,13H,3,11-12,14H2,1-2H3,(H,23,25)(H,24,26). The number of rotatable bonds is 6. The maximum atomic E-state index is 12.5. The summed E-state index contributed by atoms with van der Waals surface area (Å²) in [5.74, 6) is 0.996. The van der Waals surface area contributed by atoms with Gasteiger partial charge in [-0.15, -0.1) is 11.8 Å². The molecule has 6 heteroatoms. The van der Waals surface area contributed by atoms with E-state index in [9.17, 15) is 9.59 Å². The molecule has 28 heavy (non-hydrogen) atoms. The topological polar surface area (TPSA) is 67.4 Å². The van der Waals surface area contributed by atoms with Crippen LogP contribution >= 0.6 is 11.8 Å². The van der Waals surface area contributed by atoms with Gasteiger partial charge in [0, 0.05) is 23.5 Å². The molecule has 1 aliphatic rings. The fraction of sp³-hybridized carbons (Fsp3) is 0.273. The normalized spacial score (nSPS) is 13.6. The highest BCUT2D eigenvalue weighted by atomic mass is 32.2. The Morgan fingerprint density at radius 1 is 1.07 bits per heavy atom. The zero-order chi connectivity index (χ0) is 19.9. The number of ether oxygens (including phenoxy) is 1. The highest BCUT2D eigenvalue weighted by Gasteiger charge is 2.19. The minimum Gasteiger partial charge on any atom is -0.496 e. The molecule has 3 rings (SSSR count). The molecule has 2 aromatic carbocycles. The zero-order valence-electron chi connectivity index (χ0n) is 16.1. The summed E-state index contributed by atoms with van der Waals surface area (Å²) < 4.78 is 5.43. The van der Waals surface area contributed by atoms with E-state index in [2.05, 4.69) is 29.7 Å². The van der Waals surface area contributed by atoms with Gasteiger partial charge in [-0.25, -0.2) is 0 Å². The lowest BCUT2D eigenvalue weighted by atomic mass is 10.1. The van der Waals surface area contributed by atoms with Crippen LogP contribution in [0.3, 0.4) is 0 Å². The number of amides is 2. The van der Waals surface area contributed by atoms with E-state index in [1.165, 1.54) is 17.3 Å². The number of hydrogen-bond donors (Lipinski definition) is 2. The first-order chi connectivity index (χ1) is 13.6. The minimum absolute atomic E-state index is 0.179. The Balaban J connectivity index is 1.61. The van der Waals surface area contributed by atoms with E-state index in [1.807, 2.05) is 12.1 Å². The monoisotopic (exact) mass is 396 g/mol. The van der Waals surface area contributed by atoms with Crippen LogP contribution in [0.2, 0.25) is 0 Å². The molecule has 1 aliphatic heterocycles. The van der Waals surface area contributed by atoms with E-state index in [4.69, 9.17) is 4.74 Å². The van der Waals surface area contributed by atoms with Gasteiger partial charge >= 0.3 is 0 Å². The largest absolute Gasteiger partial charge is 0.496 e. The molecule has 2 aromatic rings. The van der Waals surface area contributed by atoms with Crippen LogP contribution in [0.4, 0.5) is 5.69 Å². The van der Waals surface area contributed by atoms with Gasteiger partial charge in [0.1, 0.15) is 10.7 Å². The molecule has 0 aromatic heterocycles. The molecular formula is C22H24N2O3S. The van der Waals surface area contributed by atoms with Crippen molar-refractivity contribution in [2.75, 3.05) is 17.7 Å². The molecule has 0 aliphatic carbocycles. The first-order valence-electron chi connectivity index (χ1n) is 9.30. The first kappa shape index (κ1) is 20.0. The van der Waals surface area contributed by atoms with Crippen LogP contribution in [0.1, 0.15) is 35.3 Å². The van der Waals surface area contributed by atoms with Crippen molar-refractivity contribution >= 4 is 29.3 Å². The van der Waals surface area contributed by atoms with Gasteiger partial charge in [-0.2, -0.15) is 0 Å². The van der Waals surface area contributed by atoms with Crippen molar-refractivity contribution < 1.29 is 14.3 Å². The SMILES string of the molecule is CCc1ccc(CNC(=O)c2cccc(NC(=O)C3=C(C)OCCS3)c2)cc1. The summed E-state index contributed by atoms with van der Waals surface area (Å²) in [6.07, 6.45) is 0.992. The summed E-state index contributed by atoms with van der Waals surface area (Å²) in [5.41, 5.74) is 3.40. The number of anilines is 1. The molecule has 0 saturated carbocycles. The second kappa shape index (κ2) is 9.46. The van der Waals surface area contributed by atoms with Gasteiger partial charge in [-0.1, -0.05) is 37.3 Å². The Morgan fingerprint density at radius 3 is 2.54 bits per heavy atom. The second-order valence-electron chi connectivity index (χ2n) is 6.47. The Bertz CT molecular complexity index is 891. The molecule has 0 bridgehead atoms. The third-order valence-corrected chi connectivity index (χ3v) is 5.57. The summed E-state index contributed by atoms with van der Waals surface area (Å²) in [4.78, 5) is 25.5. The van der Waals surface area contributed by atoms with Crippen molar-refractivity contribution in [2.24, 2.45) is 0 Å². The lowest BCUT2D eigenvalue weighted by Crippen LogP contribution is -2.23. The maximum absolute atomic E-state index is 12.5. The van der Waals surface area contributed by atoms with E-state index in [1.54, 1.807) is 31.2 Å². The van der Waals surface area contributed by atoms with Gasteiger partial charge in [0.25, 0.3) is 11.8 Å². The number of thioether (sulfide) groups is 1. The molecule has 1 heterocycles. The van der Waals surface area contributed by atoms with Crippen LogP contribution in [0.25, 0.3) is 0 Å². The molecule has 5 nitrogen and oxygen atoms in total. The average Bonchev–Trinajstić information content (AvgIpc) is 2.72. The molecule has 0 spiro atoms. The number of nitrogens with one attached hydrogen (secondary N) is 2. The van der Waals surface area contributed by atoms with Crippen LogP contribution in [-0.2, 0) is 22.5 Å². The maximum Gasteiger partial charge on any atom is 0.265 e. The van der Waals surface area contributed by atoms with Crippen molar-refractivity contribution in [3.8, 4) is 0 Å². The molecule has 0 radical (unpaired) electrons. The van der Waals surface area contributed by atoms with Gasteiger partial charge in [0.05, 0.1) is 6.61 Å². The number of aryl methyl sites for hydroxylation is 1. The van der Waals surface area contributed by atoms with Crippen molar-refractivity contribution in [2.45, 2.75) is 26.8 Å². The highest BCUT2D eigenvalue weighted by molar-refractivity contribution is 8.04. The highest BCUT2D eigenvalue weighted by Crippen LogP contribution is 2.26. The van der Waals surface area contributed by atoms with E-state index < -0.39 is 0 Å². The smallest absolute Gasteiger partial charge is 0.265 e. The Morgan fingerprint density at radius 2 is 1.82 bits per heavy atom. The summed E-state index contributed by atoms with van der Waals surface area (Å²) in [5, 5.41) is 5.76. The number of hydrogen-bond acceptors (Lipinski definition) is 4. The van der Waals surface area contributed by atoms with Crippen molar-refractivity contribution in [3.05, 3.63) is 75.9 Å². The van der Waals surface area contributed by atoms with Crippen molar-refractivity contribution in [1.29, 1.82) is 0 Å². The van der Waals surface area contributed by atoms with E-state index >= 15 is 0 Å². The van der Waals surface area contributed by atoms with Crippen LogP contribution in [0.15, 0.2) is 59.2 Å². The van der Waals surface area contributed by atoms with Gasteiger partial charge in [0.2, 0.25) is 0 Å². The average molecular weight is 397 g/mol. The third-order valence-electron chi connectivity index (χ3n) is 4.44. The lowest BCUT2D eigenvalue weighted by Gasteiger charge is -2.18. The van der Waals surface area contributed by atoms with Gasteiger partial charge < -0.3 is 15.4 Å². The molecule has 0 saturated heterocycles. The lowest BCUT2D eigenvalue weighted by molar-refractivity contribution is -0.112. The van der Waals surface area contributed by atoms with Gasteiger partial charge in [-0.3, -0.25) is 9.59 Å². The van der Waals surface area contributed by atoms with E-state index in [0.717, 1.165) is 17.7 Å². The number of carbonyl (C=O) groups excluding carboxylic acids is 2. The van der Waals surface area contributed by atoms with Gasteiger partial charge in [-0.05, 0) is 42.7 Å². The van der Waals surface area contributed by atoms with Crippen LogP contribution in [-0.4, -0.2) is 24.2 Å². The van der Waals surface area contributed by atoms with Crippen LogP contribution in [0.5, 0.6) is 0 Å². The molecule has 146 valence electrons. The van der Waals surface area contributed by atoms with E-state index in [-0.39, 0.29) is 11.8 Å². The van der Waals surface area contributed by atoms with E-state index in [0.29, 0.717) is 35.1 Å². The predicted molar refractivity (Wildman–Crippen MR) is 113 cm³/mol. The van der Waals surface area contributed by atoms with Crippen LogP contribution in [0, 0.1) is 0 Å². The molecule has 2 amide bonds. The number of allylic oxidation sites excluding steroid dienone is 1. The third kappa shape index (κ3) is 5.16. The molecule has 0 fully saturated rings. The Kier molecular flexibility index (Phi) is 6.76. The fourth-order valence-corrected chi connectivity index (χ4v) is 3.65. The van der Waals surface area contributed by atoms with Gasteiger partial charge in [0.15, 0.2) is 0 Å². The number of benzene rings is 2. The number of carbonyl (C=O) groups is 2. The van der Waals surface area contributed by atoms with Crippen molar-refractivity contribution in [3.63, 3.8) is 0 Å². The first-order valence-corrected chi connectivity index (χ1v) is 10.3.